The number of furan rings is 1. The molecule has 2 amide bonds. The summed E-state index contributed by atoms with van der Waals surface area (Å²) >= 11 is 11.9. The van der Waals surface area contributed by atoms with Crippen LogP contribution in [-0.2, 0) is 11.2 Å². The Morgan fingerprint density at radius 2 is 1.92 bits per heavy atom. The molecule has 3 aromatic rings. The van der Waals surface area contributed by atoms with Gasteiger partial charge in [0, 0.05) is 34.3 Å². The standard InChI is InChI=1S/C25H21Cl2N3O6/c1-13-23-17(29-30-22(31)11-33-18-7-5-14(26)9-16(18)27)3-2-4-20(23)36-24(13)25(32)28-15-6-8-19-21(10-15)35-12-34-19/h5-10H,2-4,11-12H2,1H3,(H,28,32)(H,30,31)/b29-17+. The van der Waals surface area contributed by atoms with Crippen LogP contribution in [0.25, 0.3) is 0 Å². The molecule has 0 bridgehead atoms. The van der Waals surface area contributed by atoms with E-state index in [-0.39, 0.29) is 19.2 Å². The quantitative estimate of drug-likeness (QED) is 0.429. The van der Waals surface area contributed by atoms with Gasteiger partial charge in [-0.1, -0.05) is 23.2 Å². The van der Waals surface area contributed by atoms with Crippen molar-refractivity contribution in [2.75, 3.05) is 18.7 Å². The van der Waals surface area contributed by atoms with E-state index in [2.05, 4.69) is 15.8 Å². The molecule has 0 saturated carbocycles. The van der Waals surface area contributed by atoms with E-state index in [1.807, 2.05) is 0 Å². The summed E-state index contributed by atoms with van der Waals surface area (Å²) < 4.78 is 22.0. The van der Waals surface area contributed by atoms with Gasteiger partial charge in [0.2, 0.25) is 6.79 Å². The van der Waals surface area contributed by atoms with E-state index >= 15 is 0 Å². The molecule has 2 aliphatic rings. The lowest BCUT2D eigenvalue weighted by Gasteiger charge is -2.13. The lowest BCUT2D eigenvalue weighted by atomic mass is 9.93. The van der Waals surface area contributed by atoms with E-state index < -0.39 is 11.8 Å². The lowest BCUT2D eigenvalue weighted by molar-refractivity contribution is -0.123. The normalized spacial score (nSPS) is 14.9. The van der Waals surface area contributed by atoms with Gasteiger partial charge in [0.15, 0.2) is 23.9 Å². The molecule has 0 fully saturated rings. The van der Waals surface area contributed by atoms with Crippen LogP contribution in [0.15, 0.2) is 45.9 Å². The first-order chi connectivity index (χ1) is 17.4. The molecule has 2 heterocycles. The van der Waals surface area contributed by atoms with Crippen LogP contribution in [0.2, 0.25) is 10.0 Å². The monoisotopic (exact) mass is 529 g/mol. The maximum Gasteiger partial charge on any atom is 0.291 e. The zero-order valence-corrected chi connectivity index (χ0v) is 20.7. The fraction of sp³-hybridized carbons (Fsp3) is 0.240. The van der Waals surface area contributed by atoms with Gasteiger partial charge in [-0.15, -0.1) is 0 Å². The number of hydrogen-bond acceptors (Lipinski definition) is 7. The molecule has 1 aliphatic carbocycles. The molecule has 1 aromatic heterocycles. The van der Waals surface area contributed by atoms with Gasteiger partial charge in [-0.2, -0.15) is 5.10 Å². The molecule has 5 rings (SSSR count). The molecular weight excluding hydrogens is 509 g/mol. The third-order valence-corrected chi connectivity index (χ3v) is 6.26. The van der Waals surface area contributed by atoms with E-state index in [9.17, 15) is 9.59 Å². The minimum atomic E-state index is -0.456. The highest BCUT2D eigenvalue weighted by atomic mass is 35.5. The summed E-state index contributed by atoms with van der Waals surface area (Å²) in [5.41, 5.74) is 5.09. The second kappa shape index (κ2) is 10.1. The van der Waals surface area contributed by atoms with Gasteiger partial charge in [0.25, 0.3) is 11.8 Å². The molecule has 0 radical (unpaired) electrons. The predicted molar refractivity (Wildman–Crippen MR) is 134 cm³/mol. The Kier molecular flexibility index (Phi) is 6.75. The van der Waals surface area contributed by atoms with Crippen LogP contribution in [-0.4, -0.2) is 30.9 Å². The Hall–Kier alpha value is -3.69. The van der Waals surface area contributed by atoms with E-state index in [0.29, 0.717) is 62.9 Å². The van der Waals surface area contributed by atoms with Crippen molar-refractivity contribution < 1.29 is 28.2 Å². The molecule has 0 atom stereocenters. The third kappa shape index (κ3) is 4.98. The zero-order chi connectivity index (χ0) is 25.2. The molecule has 186 valence electrons. The molecule has 11 heteroatoms. The van der Waals surface area contributed by atoms with Gasteiger partial charge >= 0.3 is 0 Å². The number of benzene rings is 2. The minimum absolute atomic E-state index is 0.149. The van der Waals surface area contributed by atoms with Crippen molar-refractivity contribution in [2.24, 2.45) is 5.10 Å². The number of nitrogens with zero attached hydrogens (tertiary/aromatic N) is 1. The summed E-state index contributed by atoms with van der Waals surface area (Å²) in [4.78, 5) is 25.3. The second-order valence-corrected chi connectivity index (χ2v) is 9.03. The number of aryl methyl sites for hydroxylation is 1. The number of carbonyl (C=O) groups excluding carboxylic acids is 2. The minimum Gasteiger partial charge on any atom is -0.482 e. The smallest absolute Gasteiger partial charge is 0.291 e. The maximum absolute atomic E-state index is 13.0. The predicted octanol–water partition coefficient (Wildman–Crippen LogP) is 5.11. The molecule has 2 aromatic carbocycles. The van der Waals surface area contributed by atoms with Gasteiger partial charge in [0.1, 0.15) is 11.5 Å². The number of halogens is 2. The number of ether oxygens (including phenoxy) is 3. The van der Waals surface area contributed by atoms with Crippen molar-refractivity contribution in [1.29, 1.82) is 0 Å². The average molecular weight is 530 g/mol. The highest BCUT2D eigenvalue weighted by molar-refractivity contribution is 6.35. The molecule has 36 heavy (non-hydrogen) atoms. The van der Waals surface area contributed by atoms with Crippen LogP contribution in [0.5, 0.6) is 17.2 Å². The number of nitrogens with one attached hydrogen (secondary N) is 2. The molecular formula is C25H21Cl2N3O6. The molecule has 1 aliphatic heterocycles. The highest BCUT2D eigenvalue weighted by Gasteiger charge is 2.28. The van der Waals surface area contributed by atoms with Crippen molar-refractivity contribution in [3.8, 4) is 17.2 Å². The Labute approximate surface area is 216 Å². The first kappa shape index (κ1) is 24.0. The number of anilines is 1. The van der Waals surface area contributed by atoms with Gasteiger partial charge in [0.05, 0.1) is 10.7 Å². The maximum atomic E-state index is 13.0. The molecule has 9 nitrogen and oxygen atoms in total. The summed E-state index contributed by atoms with van der Waals surface area (Å²) in [6.45, 7) is 1.67. The van der Waals surface area contributed by atoms with E-state index in [1.54, 1.807) is 37.3 Å². The highest BCUT2D eigenvalue weighted by Crippen LogP contribution is 2.35. The third-order valence-electron chi connectivity index (χ3n) is 5.73. The Morgan fingerprint density at radius 1 is 1.08 bits per heavy atom. The van der Waals surface area contributed by atoms with Crippen LogP contribution in [0, 0.1) is 6.92 Å². The Morgan fingerprint density at radius 3 is 2.75 bits per heavy atom. The fourth-order valence-corrected chi connectivity index (χ4v) is 4.52. The van der Waals surface area contributed by atoms with Crippen LogP contribution in [0.4, 0.5) is 5.69 Å². The molecule has 0 saturated heterocycles. The van der Waals surface area contributed by atoms with Crippen LogP contribution in [0.1, 0.15) is 40.3 Å². The van der Waals surface area contributed by atoms with E-state index in [1.165, 1.54) is 6.07 Å². The summed E-state index contributed by atoms with van der Waals surface area (Å²) in [5.74, 6) is 1.54. The van der Waals surface area contributed by atoms with Crippen molar-refractivity contribution in [3.05, 3.63) is 69.1 Å². The fourth-order valence-electron chi connectivity index (χ4n) is 4.06. The van der Waals surface area contributed by atoms with Crippen LogP contribution >= 0.6 is 23.2 Å². The van der Waals surface area contributed by atoms with Gasteiger partial charge in [-0.3, -0.25) is 9.59 Å². The van der Waals surface area contributed by atoms with Gasteiger partial charge in [-0.25, -0.2) is 5.43 Å². The van der Waals surface area contributed by atoms with E-state index in [4.69, 9.17) is 41.8 Å². The van der Waals surface area contributed by atoms with Crippen molar-refractivity contribution in [3.63, 3.8) is 0 Å². The second-order valence-electron chi connectivity index (χ2n) is 8.19. The van der Waals surface area contributed by atoms with E-state index in [0.717, 1.165) is 12.0 Å². The average Bonchev–Trinajstić information content (AvgIpc) is 3.46. The number of hydrogen-bond donors (Lipinski definition) is 2. The van der Waals surface area contributed by atoms with Crippen molar-refractivity contribution >= 4 is 46.4 Å². The Bertz CT molecular complexity index is 1380. The van der Waals surface area contributed by atoms with Crippen molar-refractivity contribution in [1.82, 2.24) is 5.43 Å². The summed E-state index contributed by atoms with van der Waals surface area (Å²) in [6.07, 6.45) is 2.06. The molecule has 0 unspecified atom stereocenters. The van der Waals surface area contributed by atoms with Crippen LogP contribution in [0.3, 0.4) is 0 Å². The number of hydrazone groups is 1. The molecule has 0 spiro atoms. The first-order valence-electron chi connectivity index (χ1n) is 11.2. The van der Waals surface area contributed by atoms with Crippen LogP contribution < -0.4 is 25.0 Å². The number of fused-ring (bicyclic) bond motifs is 2. The molecule has 2 N–H and O–H groups in total. The van der Waals surface area contributed by atoms with Gasteiger partial charge in [-0.05, 0) is 50.1 Å². The largest absolute Gasteiger partial charge is 0.482 e. The SMILES string of the molecule is Cc1c(C(=O)Nc2ccc3c(c2)OCO3)oc2c1/C(=N/NC(=O)COc1ccc(Cl)cc1Cl)CCC2. The number of rotatable bonds is 6. The summed E-state index contributed by atoms with van der Waals surface area (Å²) in [7, 11) is 0. The zero-order valence-electron chi connectivity index (χ0n) is 19.2. The Balaban J connectivity index is 1.27. The summed E-state index contributed by atoms with van der Waals surface area (Å²) in [5, 5.41) is 7.89. The first-order valence-corrected chi connectivity index (χ1v) is 11.9. The number of carbonyl (C=O) groups is 2. The van der Waals surface area contributed by atoms with Gasteiger partial charge < -0.3 is 23.9 Å². The lowest BCUT2D eigenvalue weighted by Crippen LogP contribution is -2.27. The van der Waals surface area contributed by atoms with Crippen molar-refractivity contribution in [2.45, 2.75) is 26.2 Å². The topological polar surface area (TPSA) is 111 Å². The summed E-state index contributed by atoms with van der Waals surface area (Å²) in [6, 6.07) is 9.89. The number of amides is 2.